The molecule has 0 saturated heterocycles. The van der Waals surface area contributed by atoms with Gasteiger partial charge in [-0.25, -0.2) is 5.84 Å². The lowest BCUT2D eigenvalue weighted by molar-refractivity contribution is 0.484. The molecule has 1 aliphatic heterocycles. The lowest BCUT2D eigenvalue weighted by Gasteiger charge is -2.22. The number of fused-ring (bicyclic) bond motifs is 1. The van der Waals surface area contributed by atoms with Gasteiger partial charge in [0.1, 0.15) is 5.84 Å². The molecule has 0 fully saturated rings. The SMILES string of the molecule is CC1CCCc2cc(C3=NCCN3N)cnc21. The Kier molecular flexibility index (Phi) is 2.59. The number of aromatic nitrogens is 1. The summed E-state index contributed by atoms with van der Waals surface area (Å²) in [5.41, 5.74) is 3.71. The molecule has 1 aromatic heterocycles. The van der Waals surface area contributed by atoms with Crippen molar-refractivity contribution in [1.82, 2.24) is 9.99 Å². The van der Waals surface area contributed by atoms with Gasteiger partial charge >= 0.3 is 0 Å². The average molecular weight is 230 g/mol. The van der Waals surface area contributed by atoms with Crippen LogP contribution in [0.2, 0.25) is 0 Å². The van der Waals surface area contributed by atoms with E-state index in [-0.39, 0.29) is 0 Å². The van der Waals surface area contributed by atoms with Crippen LogP contribution in [0.3, 0.4) is 0 Å². The number of hydrogen-bond donors (Lipinski definition) is 1. The van der Waals surface area contributed by atoms with Crippen molar-refractivity contribution in [3.63, 3.8) is 0 Å². The van der Waals surface area contributed by atoms with Crippen molar-refractivity contribution in [1.29, 1.82) is 0 Å². The van der Waals surface area contributed by atoms with Gasteiger partial charge in [0.2, 0.25) is 0 Å². The van der Waals surface area contributed by atoms with E-state index in [0.717, 1.165) is 30.9 Å². The zero-order chi connectivity index (χ0) is 11.8. The molecule has 3 rings (SSSR count). The number of amidine groups is 1. The van der Waals surface area contributed by atoms with E-state index in [1.165, 1.54) is 24.1 Å². The van der Waals surface area contributed by atoms with E-state index < -0.39 is 0 Å². The maximum Gasteiger partial charge on any atom is 0.146 e. The summed E-state index contributed by atoms with van der Waals surface area (Å²) in [5, 5.41) is 1.72. The predicted molar refractivity (Wildman–Crippen MR) is 67.9 cm³/mol. The monoisotopic (exact) mass is 230 g/mol. The predicted octanol–water partition coefficient (Wildman–Crippen LogP) is 1.46. The minimum Gasteiger partial charge on any atom is -0.293 e. The molecule has 2 heterocycles. The van der Waals surface area contributed by atoms with E-state index in [0.29, 0.717) is 5.92 Å². The molecule has 1 aliphatic carbocycles. The molecule has 0 radical (unpaired) electrons. The Labute approximate surface area is 102 Å². The van der Waals surface area contributed by atoms with Gasteiger partial charge in [0, 0.05) is 17.5 Å². The second-order valence-electron chi connectivity index (χ2n) is 4.96. The first-order valence-electron chi connectivity index (χ1n) is 6.31. The summed E-state index contributed by atoms with van der Waals surface area (Å²) in [4.78, 5) is 9.05. The Morgan fingerprint density at radius 1 is 1.47 bits per heavy atom. The third kappa shape index (κ3) is 1.82. The maximum absolute atomic E-state index is 5.89. The molecule has 1 atom stereocenters. The Hall–Kier alpha value is -1.42. The van der Waals surface area contributed by atoms with Gasteiger partial charge < -0.3 is 0 Å². The highest BCUT2D eigenvalue weighted by atomic mass is 15.5. The maximum atomic E-state index is 5.89. The van der Waals surface area contributed by atoms with Crippen LogP contribution in [-0.2, 0) is 6.42 Å². The summed E-state index contributed by atoms with van der Waals surface area (Å²) in [5.74, 6) is 7.37. The smallest absolute Gasteiger partial charge is 0.146 e. The normalized spacial score (nSPS) is 23.5. The summed E-state index contributed by atoms with van der Waals surface area (Å²) < 4.78 is 0. The Balaban J connectivity index is 1.98. The van der Waals surface area contributed by atoms with Gasteiger partial charge in [0.05, 0.1) is 13.1 Å². The average Bonchev–Trinajstić information content (AvgIpc) is 2.75. The van der Waals surface area contributed by atoms with Crippen LogP contribution in [-0.4, -0.2) is 28.9 Å². The number of pyridine rings is 1. The van der Waals surface area contributed by atoms with Crippen molar-refractivity contribution in [2.75, 3.05) is 13.1 Å². The summed E-state index contributed by atoms with van der Waals surface area (Å²) in [6.45, 7) is 3.86. The van der Waals surface area contributed by atoms with E-state index in [1.54, 1.807) is 5.01 Å². The van der Waals surface area contributed by atoms with Crippen molar-refractivity contribution in [2.24, 2.45) is 10.8 Å². The minimum absolute atomic E-state index is 0.590. The highest BCUT2D eigenvalue weighted by Gasteiger charge is 2.21. The molecule has 90 valence electrons. The van der Waals surface area contributed by atoms with Gasteiger partial charge in [0.25, 0.3) is 0 Å². The van der Waals surface area contributed by atoms with E-state index in [1.807, 2.05) is 6.20 Å². The van der Waals surface area contributed by atoms with Crippen LogP contribution in [0, 0.1) is 0 Å². The molecule has 0 spiro atoms. The topological polar surface area (TPSA) is 54.5 Å². The third-order valence-corrected chi connectivity index (χ3v) is 3.68. The van der Waals surface area contributed by atoms with Crippen LogP contribution < -0.4 is 5.84 Å². The molecular weight excluding hydrogens is 212 g/mol. The van der Waals surface area contributed by atoms with Crippen LogP contribution >= 0.6 is 0 Å². The number of nitrogens with two attached hydrogens (primary N) is 1. The van der Waals surface area contributed by atoms with Crippen LogP contribution in [0.4, 0.5) is 0 Å². The number of aliphatic imine (C=N–C) groups is 1. The van der Waals surface area contributed by atoms with E-state index >= 15 is 0 Å². The van der Waals surface area contributed by atoms with Gasteiger partial charge in [-0.3, -0.25) is 15.0 Å². The molecule has 17 heavy (non-hydrogen) atoms. The molecule has 0 bridgehead atoms. The zero-order valence-electron chi connectivity index (χ0n) is 10.2. The molecule has 2 N–H and O–H groups in total. The van der Waals surface area contributed by atoms with Gasteiger partial charge in [-0.1, -0.05) is 6.92 Å². The lowest BCUT2D eigenvalue weighted by Crippen LogP contribution is -2.35. The van der Waals surface area contributed by atoms with Crippen molar-refractivity contribution >= 4 is 5.84 Å². The van der Waals surface area contributed by atoms with Gasteiger partial charge in [-0.15, -0.1) is 0 Å². The summed E-state index contributed by atoms with van der Waals surface area (Å²) in [6, 6.07) is 2.22. The molecule has 4 heteroatoms. The fraction of sp³-hybridized carbons (Fsp3) is 0.538. The molecule has 2 aliphatic rings. The van der Waals surface area contributed by atoms with Gasteiger partial charge in [-0.05, 0) is 36.8 Å². The van der Waals surface area contributed by atoms with Crippen LogP contribution in [0.15, 0.2) is 17.3 Å². The quantitative estimate of drug-likeness (QED) is 0.743. The Morgan fingerprint density at radius 3 is 3.12 bits per heavy atom. The first kappa shape index (κ1) is 10.7. The molecule has 0 saturated carbocycles. The molecule has 1 unspecified atom stereocenters. The number of nitrogens with zero attached hydrogens (tertiary/aromatic N) is 3. The van der Waals surface area contributed by atoms with Crippen LogP contribution in [0.5, 0.6) is 0 Å². The van der Waals surface area contributed by atoms with Crippen molar-refractivity contribution in [2.45, 2.75) is 32.1 Å². The number of rotatable bonds is 1. The summed E-state index contributed by atoms with van der Waals surface area (Å²) in [6.07, 6.45) is 5.57. The van der Waals surface area contributed by atoms with Crippen LogP contribution in [0.1, 0.15) is 42.5 Å². The van der Waals surface area contributed by atoms with E-state index in [4.69, 9.17) is 5.84 Å². The largest absolute Gasteiger partial charge is 0.293 e. The first-order valence-corrected chi connectivity index (χ1v) is 6.31. The standard InChI is InChI=1S/C13H18N4/c1-9-3-2-4-10-7-11(8-16-12(9)10)13-15-5-6-17(13)14/h7-9H,2-6,14H2,1H3. The lowest BCUT2D eigenvalue weighted by atomic mass is 9.87. The number of aryl methyl sites for hydroxylation is 1. The second-order valence-corrected chi connectivity index (χ2v) is 4.96. The minimum atomic E-state index is 0.590. The first-order chi connectivity index (χ1) is 8.25. The van der Waals surface area contributed by atoms with Gasteiger partial charge in [-0.2, -0.15) is 0 Å². The van der Waals surface area contributed by atoms with E-state index in [2.05, 4.69) is 23.0 Å². The third-order valence-electron chi connectivity index (χ3n) is 3.68. The Bertz CT molecular complexity index is 466. The van der Waals surface area contributed by atoms with Crippen molar-refractivity contribution in [3.8, 4) is 0 Å². The molecule has 4 nitrogen and oxygen atoms in total. The summed E-state index contributed by atoms with van der Waals surface area (Å²) in [7, 11) is 0. The van der Waals surface area contributed by atoms with E-state index in [9.17, 15) is 0 Å². The molecular formula is C13H18N4. The highest BCUT2D eigenvalue weighted by Crippen LogP contribution is 2.30. The fourth-order valence-electron chi connectivity index (χ4n) is 2.74. The van der Waals surface area contributed by atoms with Crippen molar-refractivity contribution in [3.05, 3.63) is 29.1 Å². The Morgan fingerprint density at radius 2 is 2.35 bits per heavy atom. The number of hydrazine groups is 1. The second kappa shape index (κ2) is 4.11. The molecule has 0 aromatic carbocycles. The van der Waals surface area contributed by atoms with Crippen molar-refractivity contribution < 1.29 is 0 Å². The molecule has 0 amide bonds. The fourth-order valence-corrected chi connectivity index (χ4v) is 2.74. The van der Waals surface area contributed by atoms with Gasteiger partial charge in [0.15, 0.2) is 0 Å². The summed E-state index contributed by atoms with van der Waals surface area (Å²) >= 11 is 0. The number of hydrogen-bond acceptors (Lipinski definition) is 4. The molecule has 1 aromatic rings. The highest BCUT2D eigenvalue weighted by molar-refractivity contribution is 5.99. The zero-order valence-corrected chi connectivity index (χ0v) is 10.2. The van der Waals surface area contributed by atoms with Crippen LogP contribution in [0.25, 0.3) is 0 Å².